The molecule has 1 aliphatic carbocycles. The average molecular weight is 348 g/mol. The number of carbonyl (C=O) groups excluding carboxylic acids is 1. The van der Waals surface area contributed by atoms with Crippen molar-refractivity contribution in [3.63, 3.8) is 0 Å². The van der Waals surface area contributed by atoms with E-state index in [-0.39, 0.29) is 23.7 Å². The Kier molecular flexibility index (Phi) is 6.39. The molecule has 2 rings (SSSR count). The molecule has 0 heterocycles. The monoisotopic (exact) mass is 348 g/mol. The minimum absolute atomic E-state index is 0.0338. The van der Waals surface area contributed by atoms with E-state index in [1.807, 2.05) is 6.07 Å². The zero-order valence-corrected chi connectivity index (χ0v) is 15.6. The van der Waals surface area contributed by atoms with Gasteiger partial charge in [-0.2, -0.15) is 0 Å². The summed E-state index contributed by atoms with van der Waals surface area (Å²) in [6.07, 6.45) is 2.05. The highest BCUT2D eigenvalue weighted by atomic mass is 19.1. The quantitative estimate of drug-likeness (QED) is 0.586. The molecule has 0 spiro atoms. The van der Waals surface area contributed by atoms with E-state index in [1.165, 1.54) is 11.0 Å². The minimum atomic E-state index is -0.202. The maximum Gasteiger partial charge on any atom is 0.243 e. The van der Waals surface area contributed by atoms with Crippen molar-refractivity contribution in [2.24, 2.45) is 10.9 Å². The molecule has 1 fully saturated rings. The van der Waals surface area contributed by atoms with Crippen molar-refractivity contribution in [1.29, 1.82) is 0 Å². The second kappa shape index (κ2) is 8.32. The van der Waals surface area contributed by atoms with Crippen molar-refractivity contribution < 1.29 is 9.18 Å². The second-order valence-electron chi connectivity index (χ2n) is 7.37. The maximum absolute atomic E-state index is 13.5. The van der Waals surface area contributed by atoms with Crippen LogP contribution in [0.15, 0.2) is 29.3 Å². The number of rotatable bonds is 7. The second-order valence-corrected chi connectivity index (χ2v) is 7.37. The van der Waals surface area contributed by atoms with Crippen molar-refractivity contribution in [1.82, 2.24) is 15.5 Å². The number of carbonyl (C=O) groups is 1. The van der Waals surface area contributed by atoms with Crippen molar-refractivity contribution in [2.45, 2.75) is 32.1 Å². The number of aliphatic imine (C=N–C) groups is 1. The third-order valence-corrected chi connectivity index (χ3v) is 4.43. The molecule has 2 N–H and O–H groups in total. The van der Waals surface area contributed by atoms with Crippen molar-refractivity contribution in [2.75, 3.05) is 33.7 Å². The van der Waals surface area contributed by atoms with Gasteiger partial charge in [0, 0.05) is 32.6 Å². The molecule has 0 bridgehead atoms. The molecule has 0 aliphatic heterocycles. The van der Waals surface area contributed by atoms with Gasteiger partial charge in [-0.3, -0.25) is 4.79 Å². The molecule has 0 saturated heterocycles. The summed E-state index contributed by atoms with van der Waals surface area (Å²) in [5.74, 6) is 0.852. The predicted molar refractivity (Wildman–Crippen MR) is 99.2 cm³/mol. The van der Waals surface area contributed by atoms with Crippen LogP contribution in [0.2, 0.25) is 0 Å². The van der Waals surface area contributed by atoms with Gasteiger partial charge in [-0.25, -0.2) is 9.38 Å². The van der Waals surface area contributed by atoms with E-state index in [9.17, 15) is 9.18 Å². The van der Waals surface area contributed by atoms with E-state index in [0.717, 1.165) is 24.9 Å². The number of benzene rings is 1. The van der Waals surface area contributed by atoms with E-state index in [2.05, 4.69) is 29.5 Å². The van der Waals surface area contributed by atoms with Gasteiger partial charge in [0.2, 0.25) is 5.91 Å². The summed E-state index contributed by atoms with van der Waals surface area (Å²) in [6.45, 7) is 5.79. The normalized spacial score (nSPS) is 15.8. The highest BCUT2D eigenvalue weighted by Crippen LogP contribution is 2.47. The lowest BCUT2D eigenvalue weighted by atomic mass is 9.96. The number of guanidine groups is 1. The van der Waals surface area contributed by atoms with Gasteiger partial charge in [0.25, 0.3) is 0 Å². The molecule has 6 heteroatoms. The van der Waals surface area contributed by atoms with Crippen molar-refractivity contribution >= 4 is 11.9 Å². The summed E-state index contributed by atoms with van der Waals surface area (Å²) in [4.78, 5) is 17.7. The maximum atomic E-state index is 13.5. The van der Waals surface area contributed by atoms with Crippen LogP contribution < -0.4 is 10.6 Å². The van der Waals surface area contributed by atoms with E-state index in [1.54, 1.807) is 26.2 Å². The van der Waals surface area contributed by atoms with E-state index in [4.69, 9.17) is 0 Å². The number of hydrogen-bond acceptors (Lipinski definition) is 2. The first kappa shape index (κ1) is 19.2. The lowest BCUT2D eigenvalue weighted by Crippen LogP contribution is -2.43. The lowest BCUT2D eigenvalue weighted by molar-refractivity contribution is -0.127. The first-order valence-corrected chi connectivity index (χ1v) is 8.81. The Labute approximate surface area is 149 Å². The van der Waals surface area contributed by atoms with Gasteiger partial charge in [-0.05, 0) is 36.5 Å². The van der Waals surface area contributed by atoms with Crippen LogP contribution in [0.1, 0.15) is 32.3 Å². The molecule has 1 saturated carbocycles. The highest BCUT2D eigenvalue weighted by molar-refractivity contribution is 5.84. The Balaban J connectivity index is 2.01. The SMILES string of the molecule is CC(C)CNC(=NCC(=O)N(C)C)NCC1(c2cccc(F)c2)CC1. The van der Waals surface area contributed by atoms with Gasteiger partial charge in [-0.1, -0.05) is 26.0 Å². The van der Waals surface area contributed by atoms with Gasteiger partial charge in [-0.15, -0.1) is 0 Å². The van der Waals surface area contributed by atoms with E-state index < -0.39 is 0 Å². The van der Waals surface area contributed by atoms with Gasteiger partial charge >= 0.3 is 0 Å². The summed E-state index contributed by atoms with van der Waals surface area (Å²) in [5, 5.41) is 6.61. The third-order valence-electron chi connectivity index (χ3n) is 4.43. The molecule has 0 atom stereocenters. The number of halogens is 1. The van der Waals surface area contributed by atoms with E-state index in [0.29, 0.717) is 18.4 Å². The Morgan fingerprint density at radius 2 is 2.04 bits per heavy atom. The summed E-state index contributed by atoms with van der Waals surface area (Å²) in [5.41, 5.74) is 0.987. The highest BCUT2D eigenvalue weighted by Gasteiger charge is 2.44. The molecule has 5 nitrogen and oxygen atoms in total. The van der Waals surface area contributed by atoms with Crippen LogP contribution in [0.5, 0.6) is 0 Å². The Hall–Kier alpha value is -2.11. The molecular formula is C19H29FN4O. The lowest BCUT2D eigenvalue weighted by Gasteiger charge is -2.20. The molecule has 25 heavy (non-hydrogen) atoms. The van der Waals surface area contributed by atoms with Gasteiger partial charge < -0.3 is 15.5 Å². The number of amides is 1. The minimum Gasteiger partial charge on any atom is -0.356 e. The number of hydrogen-bond donors (Lipinski definition) is 2. The van der Waals surface area contributed by atoms with E-state index >= 15 is 0 Å². The topological polar surface area (TPSA) is 56.7 Å². The van der Waals surface area contributed by atoms with Crippen LogP contribution in [0.3, 0.4) is 0 Å². The molecule has 138 valence electrons. The van der Waals surface area contributed by atoms with Crippen molar-refractivity contribution in [3.8, 4) is 0 Å². The standard InChI is InChI=1S/C19H29FN4O/c1-14(2)11-21-18(22-12-17(25)24(3)4)23-13-19(8-9-19)15-6-5-7-16(20)10-15/h5-7,10,14H,8-9,11-13H2,1-4H3,(H2,21,22,23). The molecule has 1 aliphatic rings. The fourth-order valence-corrected chi connectivity index (χ4v) is 2.55. The first-order valence-electron chi connectivity index (χ1n) is 8.81. The number of nitrogens with zero attached hydrogens (tertiary/aromatic N) is 2. The molecule has 0 radical (unpaired) electrons. The zero-order chi connectivity index (χ0) is 18.4. The zero-order valence-electron chi connectivity index (χ0n) is 15.6. The van der Waals surface area contributed by atoms with Crippen LogP contribution in [-0.2, 0) is 10.2 Å². The van der Waals surface area contributed by atoms with Crippen LogP contribution in [-0.4, -0.2) is 50.5 Å². The Morgan fingerprint density at radius 3 is 2.60 bits per heavy atom. The fraction of sp³-hybridized carbons (Fsp3) is 0.579. The first-order chi connectivity index (χ1) is 11.8. The van der Waals surface area contributed by atoms with Crippen LogP contribution >= 0.6 is 0 Å². The largest absolute Gasteiger partial charge is 0.356 e. The van der Waals surface area contributed by atoms with Gasteiger partial charge in [0.1, 0.15) is 12.4 Å². The van der Waals surface area contributed by atoms with Gasteiger partial charge in [0.15, 0.2) is 5.96 Å². The molecule has 1 aromatic rings. The van der Waals surface area contributed by atoms with Crippen LogP contribution in [0.4, 0.5) is 4.39 Å². The summed E-state index contributed by atoms with van der Waals surface area (Å²) < 4.78 is 13.5. The molecule has 1 amide bonds. The summed E-state index contributed by atoms with van der Waals surface area (Å²) >= 11 is 0. The predicted octanol–water partition coefficient (Wildman–Crippen LogP) is 2.14. The summed E-state index contributed by atoms with van der Waals surface area (Å²) in [6, 6.07) is 6.82. The summed E-state index contributed by atoms with van der Waals surface area (Å²) in [7, 11) is 3.44. The molecule has 1 aromatic carbocycles. The average Bonchev–Trinajstić information content (AvgIpc) is 3.34. The van der Waals surface area contributed by atoms with Crippen LogP contribution in [0.25, 0.3) is 0 Å². The van der Waals surface area contributed by atoms with Gasteiger partial charge in [0.05, 0.1) is 0 Å². The molecular weight excluding hydrogens is 319 g/mol. The third kappa shape index (κ3) is 5.73. The number of nitrogens with one attached hydrogen (secondary N) is 2. The van der Waals surface area contributed by atoms with Crippen molar-refractivity contribution in [3.05, 3.63) is 35.6 Å². The number of likely N-dealkylation sites (N-methyl/N-ethyl adjacent to an activating group) is 1. The Bertz CT molecular complexity index is 624. The fourth-order valence-electron chi connectivity index (χ4n) is 2.55. The molecule has 0 aromatic heterocycles. The Morgan fingerprint density at radius 1 is 1.32 bits per heavy atom. The van der Waals surface area contributed by atoms with Crippen LogP contribution in [0, 0.1) is 11.7 Å². The smallest absolute Gasteiger partial charge is 0.243 e. The molecule has 0 unspecified atom stereocenters.